The van der Waals surface area contributed by atoms with Gasteiger partial charge >= 0.3 is 17.9 Å². The molecule has 23 heteroatoms. The number of hydrogen-bond acceptors (Lipinski definition) is 17. The van der Waals surface area contributed by atoms with Gasteiger partial charge in [-0.15, -0.1) is 115 Å². The first kappa shape index (κ1) is 116. The number of benzene rings is 6. The number of aliphatic hydroxyl groups excluding tert-OH is 2. The highest BCUT2D eigenvalue weighted by molar-refractivity contribution is 7.14. The highest BCUT2D eigenvalue weighted by Crippen LogP contribution is 2.58. The number of rotatable bonds is 51. The van der Waals surface area contributed by atoms with E-state index in [1.165, 1.54) is 147 Å². The summed E-state index contributed by atoms with van der Waals surface area (Å²) in [4.78, 5) is 56.5. The average molecular weight is 2130 g/mol. The maximum absolute atomic E-state index is 12.9. The van der Waals surface area contributed by atoms with Crippen LogP contribution in [0.15, 0.2) is 194 Å². The summed E-state index contributed by atoms with van der Waals surface area (Å²) in [5, 5.41) is 20.9. The molecule has 4 fully saturated rings. The van der Waals surface area contributed by atoms with Crippen LogP contribution in [0.3, 0.4) is 0 Å². The van der Waals surface area contributed by atoms with Crippen molar-refractivity contribution in [3.8, 4) is 11.5 Å². The Morgan fingerprint density at radius 1 is 0.352 bits per heavy atom. The minimum atomic E-state index is -0.765. The first-order valence-corrected chi connectivity index (χ1v) is 57.6. The van der Waals surface area contributed by atoms with Gasteiger partial charge in [0.25, 0.3) is 0 Å². The Morgan fingerprint density at radius 3 is 0.965 bits per heavy atom. The lowest BCUT2D eigenvalue weighted by Gasteiger charge is -2.28. The molecular weight excluding hydrogens is 1980 g/mol. The maximum atomic E-state index is 12.9. The number of ketones is 1. The van der Waals surface area contributed by atoms with Crippen LogP contribution in [-0.2, 0) is 67.4 Å². The van der Waals surface area contributed by atoms with E-state index < -0.39 is 19.1 Å². The third-order valence-corrected chi connectivity index (χ3v) is 36.0. The van der Waals surface area contributed by atoms with E-state index in [1.807, 2.05) is 96.3 Å². The molecule has 772 valence electrons. The van der Waals surface area contributed by atoms with E-state index in [-0.39, 0.29) is 59.9 Å². The molecule has 142 heavy (non-hydrogen) atoms. The Bertz CT molecular complexity index is 5360. The third kappa shape index (κ3) is 35.0. The van der Waals surface area contributed by atoms with Crippen molar-refractivity contribution in [2.75, 3.05) is 35.5 Å². The Kier molecular flexibility index (Phi) is 48.5. The fourth-order valence-corrected chi connectivity index (χ4v) is 27.4. The van der Waals surface area contributed by atoms with Gasteiger partial charge in [0.2, 0.25) is 0 Å². The molecule has 0 spiro atoms. The van der Waals surface area contributed by atoms with Gasteiger partial charge in [-0.3, -0.25) is 4.79 Å². The number of aryl methyl sites for hydroxylation is 5. The number of halogens is 6. The van der Waals surface area contributed by atoms with Gasteiger partial charge in [-0.05, 0) is 307 Å². The van der Waals surface area contributed by atoms with Gasteiger partial charge in [0.05, 0.1) is 73.2 Å². The number of hydrogen-bond donors (Lipinski definition) is 2. The number of carbonyl (C=O) groups excluding carboxylic acids is 4. The van der Waals surface area contributed by atoms with E-state index >= 15 is 0 Å². The highest BCUT2D eigenvalue weighted by atomic mass is 35.5. The van der Waals surface area contributed by atoms with Gasteiger partial charge < -0.3 is 43.4 Å². The van der Waals surface area contributed by atoms with Crippen LogP contribution in [-0.4, -0.2) is 82.5 Å². The van der Waals surface area contributed by atoms with E-state index in [9.17, 15) is 29.4 Å². The van der Waals surface area contributed by atoms with Crippen molar-refractivity contribution in [1.82, 2.24) is 0 Å². The summed E-state index contributed by atoms with van der Waals surface area (Å²) in [6, 6.07) is 66.3. The van der Waals surface area contributed by atoms with Crippen LogP contribution >= 0.6 is 115 Å². The van der Waals surface area contributed by atoms with Crippen molar-refractivity contribution in [3.63, 3.8) is 0 Å². The number of carbonyl (C=O) groups is 4. The van der Waals surface area contributed by atoms with Crippen LogP contribution < -0.4 is 9.47 Å². The molecule has 0 radical (unpaired) electrons. The number of aliphatic hydroxyl groups is 2. The molecule has 13 nitrogen and oxygen atoms in total. The normalized spacial score (nSPS) is 19.6. The van der Waals surface area contributed by atoms with Crippen molar-refractivity contribution < 1.29 is 62.5 Å². The standard InChI is InChI=1S/C34H42Cl2O4S.C34H42O5S.C26H34Cl2O3S.C25H34Cl2OS/c1-4-5-6-10-30(40-23-24-11-17-28(38-2)18-12-24)25-13-15-27(16-14-25)32-26(21-22-34(32,35)36)8-7-9-29-19-20-31(41-29)33(37)39-3;1-4-5-6-10-31(39-23-24-11-18-28(37-2)19-12-24)25-13-15-27(16-14-25)33-26(17-21-30(33)35)8-7-9-29-20-22-32(40-29)34(36)38-3;1-3-4-5-9-22(29)18-10-12-20(13-11-18)24-19(16-17-26(24,27)28)7-6-8-21-14-15-23(32-21)25(30)31-2;1-3-4-5-9-23(28)19-11-13-21(14-12-19)24-20(16-17-25(24,26)27)7-6-8-22-15-10-18(2)29-22/h11-20,26,30,32H,4-10,21-23H2,1-3H3;11-16,18-20,22,26,31,33H,4-10,17,21,23H2,1-3H3;10-15,19,22,24,29H,3-9,16-17H2,1-2H3;10-15,20,23-24,28H,3-9,16-17H2,1-2H3/t26-,30?,32-;26-,31?,33-;19-,22?,24-;20-,23?,24-/m0000/s1. The zero-order valence-corrected chi connectivity index (χ0v) is 92.9. The zero-order valence-electron chi connectivity index (χ0n) is 85.1. The second-order valence-electron chi connectivity index (χ2n) is 39.2. The van der Waals surface area contributed by atoms with E-state index in [2.05, 4.69) is 144 Å². The molecule has 0 aliphatic heterocycles. The summed E-state index contributed by atoms with van der Waals surface area (Å²) in [7, 11) is 7.59. The van der Waals surface area contributed by atoms with E-state index in [0.29, 0.717) is 63.7 Å². The molecule has 6 aromatic carbocycles. The zero-order chi connectivity index (χ0) is 102. The number of Topliss-reactive ketones (excluding diaryl/α,β-unsaturated/α-hetero) is 1. The lowest BCUT2D eigenvalue weighted by molar-refractivity contribution is -0.119. The number of alkyl halides is 6. The monoisotopic (exact) mass is 2130 g/mol. The molecule has 0 amide bonds. The molecule has 4 aromatic heterocycles. The first-order chi connectivity index (χ1) is 68.6. The molecule has 4 heterocycles. The predicted molar refractivity (Wildman–Crippen MR) is 591 cm³/mol. The van der Waals surface area contributed by atoms with Gasteiger partial charge in [-0.2, -0.15) is 0 Å². The fourth-order valence-electron chi connectivity index (χ4n) is 21.1. The molecule has 0 bridgehead atoms. The lowest BCUT2D eigenvalue weighted by Crippen LogP contribution is -2.21. The van der Waals surface area contributed by atoms with Crippen LogP contribution in [0.5, 0.6) is 11.5 Å². The topological polar surface area (TPSA) is 173 Å². The van der Waals surface area contributed by atoms with Crippen LogP contribution in [0, 0.1) is 30.6 Å². The first-order valence-electron chi connectivity index (χ1n) is 52.1. The largest absolute Gasteiger partial charge is 0.497 e. The SMILES string of the molecule is CCCCCC(O)c1ccc([C@@H]2[C@@H](CCCc3ccc(C(=O)OC)s3)CCC2(Cl)Cl)cc1.CCCCCC(O)c1ccc([C@@H]2[C@@H](CCCc3ccc(C)s3)CCC2(Cl)Cl)cc1.CCCCCC(OCc1ccc(OC)cc1)c1ccc([C@@H]2[C@@H](CCCc3ccc(C(=O)OC)s3)CCC2(Cl)Cl)cc1.CCCCCC(OCc1ccc(OC)cc1)c1ccc([C@H]2C(=O)CC[C@@H]2CCCc2ccc(C(=O)OC)s2)cc1. The Balaban J connectivity index is 0.000000182. The Labute approximate surface area is 893 Å². The summed E-state index contributed by atoms with van der Waals surface area (Å²) in [6.07, 6.45) is 36.2. The van der Waals surface area contributed by atoms with Gasteiger partial charge in [-0.25, -0.2) is 14.4 Å². The smallest absolute Gasteiger partial charge is 0.348 e. The van der Waals surface area contributed by atoms with Crippen molar-refractivity contribution in [2.45, 2.75) is 340 Å². The molecule has 4 unspecified atom stereocenters. The fraction of sp³-hybridized carbons (Fsp3) is 0.529. The molecule has 12 atom stereocenters. The van der Waals surface area contributed by atoms with Crippen LogP contribution in [0.4, 0.5) is 0 Å². The number of methoxy groups -OCH3 is 5. The van der Waals surface area contributed by atoms with Crippen molar-refractivity contribution in [2.24, 2.45) is 23.7 Å². The number of ether oxygens (including phenoxy) is 7. The highest BCUT2D eigenvalue weighted by Gasteiger charge is 2.49. The second-order valence-corrected chi connectivity index (χ2v) is 48.7. The molecular formula is C119H152Cl6O13S4. The van der Waals surface area contributed by atoms with E-state index in [1.54, 1.807) is 14.2 Å². The van der Waals surface area contributed by atoms with Crippen LogP contribution in [0.25, 0.3) is 0 Å². The summed E-state index contributed by atoms with van der Waals surface area (Å²) >= 11 is 47.3. The van der Waals surface area contributed by atoms with Crippen LogP contribution in [0.1, 0.15) is 390 Å². The van der Waals surface area contributed by atoms with Crippen molar-refractivity contribution in [1.29, 1.82) is 0 Å². The molecule has 4 aliphatic carbocycles. The Hall–Kier alpha value is -6.62. The summed E-state index contributed by atoms with van der Waals surface area (Å²) < 4.78 is 35.7. The number of unbranched alkanes of at least 4 members (excludes halogenated alkanes) is 8. The predicted octanol–water partition coefficient (Wildman–Crippen LogP) is 34.7. The average Bonchev–Trinajstić information content (AvgIpc) is 1.64. The quantitative estimate of drug-likeness (QED) is 0.0160. The molecule has 0 saturated heterocycles. The van der Waals surface area contributed by atoms with Gasteiger partial charge in [0.1, 0.15) is 44.9 Å². The van der Waals surface area contributed by atoms with Gasteiger partial charge in [-0.1, -0.05) is 226 Å². The van der Waals surface area contributed by atoms with Crippen molar-refractivity contribution in [3.05, 3.63) is 289 Å². The lowest BCUT2D eigenvalue weighted by atomic mass is 9.84. The van der Waals surface area contributed by atoms with Crippen LogP contribution in [0.2, 0.25) is 0 Å². The maximum Gasteiger partial charge on any atom is 0.348 e. The minimum Gasteiger partial charge on any atom is -0.497 e. The second kappa shape index (κ2) is 59.5. The summed E-state index contributed by atoms with van der Waals surface area (Å²) in [5.74, 6) is 3.28. The number of thiophene rings is 4. The molecule has 10 aromatic rings. The van der Waals surface area contributed by atoms with Gasteiger partial charge in [0, 0.05) is 54.5 Å². The number of esters is 3. The Morgan fingerprint density at radius 2 is 0.655 bits per heavy atom. The molecule has 4 aliphatic rings. The van der Waals surface area contributed by atoms with Gasteiger partial charge in [0.15, 0.2) is 0 Å². The summed E-state index contributed by atoms with van der Waals surface area (Å²) in [5.41, 5.74) is 11.3. The van der Waals surface area contributed by atoms with Crippen molar-refractivity contribution >= 4 is 139 Å². The molecule has 2 N–H and O–H groups in total. The van der Waals surface area contributed by atoms with E-state index in [0.717, 1.165) is 225 Å². The molecule has 4 saturated carbocycles. The minimum absolute atomic E-state index is 0.0261. The molecule has 14 rings (SSSR count). The third-order valence-electron chi connectivity index (χ3n) is 29.1. The van der Waals surface area contributed by atoms with E-state index in [4.69, 9.17) is 103 Å². The summed E-state index contributed by atoms with van der Waals surface area (Å²) in [6.45, 7) is 12.1.